The summed E-state index contributed by atoms with van der Waals surface area (Å²) in [6.45, 7) is 9.94. The summed E-state index contributed by atoms with van der Waals surface area (Å²) in [6.07, 6.45) is 0.128. The zero-order valence-corrected chi connectivity index (χ0v) is 21.9. The summed E-state index contributed by atoms with van der Waals surface area (Å²) in [5.74, 6) is -1.15. The van der Waals surface area contributed by atoms with E-state index in [0.29, 0.717) is 18.9 Å². The van der Waals surface area contributed by atoms with E-state index in [-0.39, 0.29) is 37.3 Å². The molecule has 194 valence electrons. The molecule has 1 aliphatic carbocycles. The molecule has 36 heavy (non-hydrogen) atoms. The van der Waals surface area contributed by atoms with Crippen molar-refractivity contribution in [3.8, 4) is 11.1 Å². The Morgan fingerprint density at radius 3 is 2.08 bits per heavy atom. The van der Waals surface area contributed by atoms with E-state index in [1.54, 1.807) is 13.8 Å². The Morgan fingerprint density at radius 1 is 1.03 bits per heavy atom. The zero-order chi connectivity index (χ0) is 26.5. The van der Waals surface area contributed by atoms with Crippen LogP contribution in [-0.4, -0.2) is 53.2 Å². The van der Waals surface area contributed by atoms with Gasteiger partial charge in [-0.15, -0.1) is 0 Å². The molecule has 2 amide bonds. The summed E-state index contributed by atoms with van der Waals surface area (Å²) in [7, 11) is 0. The van der Waals surface area contributed by atoms with Crippen molar-refractivity contribution in [3.05, 3.63) is 59.7 Å². The number of nitrogens with one attached hydrogen (secondary N) is 1. The molecule has 0 saturated carbocycles. The van der Waals surface area contributed by atoms with Crippen molar-refractivity contribution in [2.24, 2.45) is 11.8 Å². The monoisotopic (exact) mass is 494 g/mol. The molecule has 0 radical (unpaired) electrons. The van der Waals surface area contributed by atoms with Crippen LogP contribution in [0.25, 0.3) is 11.1 Å². The van der Waals surface area contributed by atoms with Crippen LogP contribution < -0.4 is 5.32 Å². The molecular weight excluding hydrogens is 456 g/mol. The zero-order valence-electron chi connectivity index (χ0n) is 21.9. The van der Waals surface area contributed by atoms with E-state index in [0.717, 1.165) is 22.3 Å². The van der Waals surface area contributed by atoms with Gasteiger partial charge in [0.2, 0.25) is 5.91 Å². The van der Waals surface area contributed by atoms with Crippen LogP contribution in [0.2, 0.25) is 0 Å². The number of hydrogen-bond donors (Lipinski definition) is 2. The second-order valence-electron chi connectivity index (χ2n) is 10.4. The predicted molar refractivity (Wildman–Crippen MR) is 140 cm³/mol. The number of benzene rings is 2. The van der Waals surface area contributed by atoms with Gasteiger partial charge in [-0.25, -0.2) is 4.79 Å². The lowest BCUT2D eigenvalue weighted by molar-refractivity contribution is -0.138. The first kappa shape index (κ1) is 27.2. The lowest BCUT2D eigenvalue weighted by atomic mass is 9.93. The maximum absolute atomic E-state index is 13.2. The fourth-order valence-electron chi connectivity index (χ4n) is 5.15. The van der Waals surface area contributed by atoms with Crippen molar-refractivity contribution in [2.75, 3.05) is 19.7 Å². The first-order chi connectivity index (χ1) is 17.1. The summed E-state index contributed by atoms with van der Waals surface area (Å²) in [5.41, 5.74) is 3.39. The Bertz CT molecular complexity index is 1050. The molecule has 2 N–H and O–H groups in total. The highest BCUT2D eigenvalue weighted by Crippen LogP contribution is 2.44. The third-order valence-corrected chi connectivity index (χ3v) is 6.92. The number of likely N-dealkylation sites (N-methyl/N-ethyl adjacent to an activating group) is 1. The smallest absolute Gasteiger partial charge is 0.410 e. The predicted octanol–water partition coefficient (Wildman–Crippen LogP) is 5.29. The van der Waals surface area contributed by atoms with Crippen LogP contribution in [0.15, 0.2) is 48.5 Å². The lowest BCUT2D eigenvalue weighted by Crippen LogP contribution is -2.57. The first-order valence-corrected chi connectivity index (χ1v) is 12.7. The molecule has 0 unspecified atom stereocenters. The minimum absolute atomic E-state index is 0.0112. The molecule has 0 bridgehead atoms. The van der Waals surface area contributed by atoms with E-state index < -0.39 is 17.6 Å². The lowest BCUT2D eigenvalue weighted by Gasteiger charge is -2.36. The molecule has 2 aromatic carbocycles. The van der Waals surface area contributed by atoms with Crippen LogP contribution >= 0.6 is 0 Å². The van der Waals surface area contributed by atoms with Crippen molar-refractivity contribution >= 4 is 18.0 Å². The number of amides is 2. The van der Waals surface area contributed by atoms with Gasteiger partial charge < -0.3 is 15.2 Å². The molecule has 0 spiro atoms. The number of rotatable bonds is 11. The topological polar surface area (TPSA) is 95.9 Å². The van der Waals surface area contributed by atoms with Crippen LogP contribution in [0.3, 0.4) is 0 Å². The van der Waals surface area contributed by atoms with Crippen molar-refractivity contribution < 1.29 is 24.2 Å². The van der Waals surface area contributed by atoms with Gasteiger partial charge in [0.25, 0.3) is 0 Å². The van der Waals surface area contributed by atoms with Gasteiger partial charge >= 0.3 is 12.1 Å². The Kier molecular flexibility index (Phi) is 8.77. The van der Waals surface area contributed by atoms with Gasteiger partial charge in [-0.1, -0.05) is 62.4 Å². The molecule has 7 heteroatoms. The maximum Gasteiger partial charge on any atom is 0.410 e. The number of carboxylic acids is 1. The van der Waals surface area contributed by atoms with Crippen molar-refractivity contribution in [1.82, 2.24) is 10.2 Å². The minimum Gasteiger partial charge on any atom is -0.481 e. The van der Waals surface area contributed by atoms with Gasteiger partial charge in [0.05, 0.1) is 0 Å². The van der Waals surface area contributed by atoms with Gasteiger partial charge in [0, 0.05) is 25.4 Å². The molecule has 0 saturated heterocycles. The van der Waals surface area contributed by atoms with Gasteiger partial charge in [0.1, 0.15) is 12.1 Å². The van der Waals surface area contributed by atoms with E-state index in [1.807, 2.05) is 45.0 Å². The molecule has 0 heterocycles. The molecule has 0 fully saturated rings. The van der Waals surface area contributed by atoms with Crippen molar-refractivity contribution in [3.63, 3.8) is 0 Å². The number of carbonyl (C=O) groups is 3. The largest absolute Gasteiger partial charge is 0.481 e. The first-order valence-electron chi connectivity index (χ1n) is 12.7. The Labute approximate surface area is 213 Å². The normalized spacial score (nSPS) is 13.6. The molecule has 0 aromatic heterocycles. The standard InChI is InChI=1S/C29H38N2O5/c1-6-31(29(4,5)27(34)30-17-20(15-19(2)3)16-26(32)33)28(35)36-18-25-23-13-9-7-11-21(23)22-12-8-10-14-24(22)25/h7-14,19-20,25H,6,15-18H2,1-5H3,(H,30,34)(H,32,33)/t20-/m0/s1. The summed E-state index contributed by atoms with van der Waals surface area (Å²) >= 11 is 0. The fourth-order valence-corrected chi connectivity index (χ4v) is 5.15. The average molecular weight is 495 g/mol. The van der Waals surface area contributed by atoms with Crippen LogP contribution in [0, 0.1) is 11.8 Å². The van der Waals surface area contributed by atoms with Gasteiger partial charge in [-0.2, -0.15) is 0 Å². The van der Waals surface area contributed by atoms with E-state index in [4.69, 9.17) is 4.74 Å². The Balaban J connectivity index is 1.67. The second-order valence-corrected chi connectivity index (χ2v) is 10.4. The van der Waals surface area contributed by atoms with Crippen molar-refractivity contribution in [2.45, 2.75) is 58.9 Å². The number of ether oxygens (including phenoxy) is 1. The fraction of sp³-hybridized carbons (Fsp3) is 0.483. The number of carbonyl (C=O) groups excluding carboxylic acids is 2. The summed E-state index contributed by atoms with van der Waals surface area (Å²) in [5, 5.41) is 12.1. The van der Waals surface area contributed by atoms with Crippen LogP contribution in [0.5, 0.6) is 0 Å². The van der Waals surface area contributed by atoms with Gasteiger partial charge in [-0.05, 0) is 61.3 Å². The van der Waals surface area contributed by atoms with Crippen LogP contribution in [0.4, 0.5) is 4.79 Å². The molecule has 2 aromatic rings. The highest BCUT2D eigenvalue weighted by molar-refractivity contribution is 5.89. The highest BCUT2D eigenvalue weighted by atomic mass is 16.6. The number of nitrogens with zero attached hydrogens (tertiary/aromatic N) is 1. The number of fused-ring (bicyclic) bond motifs is 3. The molecule has 7 nitrogen and oxygen atoms in total. The van der Waals surface area contributed by atoms with Gasteiger partial charge in [0.15, 0.2) is 0 Å². The van der Waals surface area contributed by atoms with E-state index in [1.165, 1.54) is 4.90 Å². The Hall–Kier alpha value is -3.35. The quantitative estimate of drug-likeness (QED) is 0.443. The average Bonchev–Trinajstić information content (AvgIpc) is 3.14. The van der Waals surface area contributed by atoms with Gasteiger partial charge in [-0.3, -0.25) is 14.5 Å². The summed E-state index contributed by atoms with van der Waals surface area (Å²) in [4.78, 5) is 39.0. The van der Waals surface area contributed by atoms with Crippen LogP contribution in [-0.2, 0) is 14.3 Å². The number of hydrogen-bond acceptors (Lipinski definition) is 4. The number of carboxylic acid groups (broad SMARTS) is 1. The third kappa shape index (κ3) is 6.07. The maximum atomic E-state index is 13.2. The van der Waals surface area contributed by atoms with Crippen LogP contribution in [0.1, 0.15) is 64.5 Å². The Morgan fingerprint density at radius 2 is 1.58 bits per heavy atom. The highest BCUT2D eigenvalue weighted by Gasteiger charge is 2.39. The third-order valence-electron chi connectivity index (χ3n) is 6.92. The number of aliphatic carboxylic acids is 1. The molecular formula is C29H38N2O5. The molecule has 1 atom stereocenters. The summed E-state index contributed by atoms with van der Waals surface area (Å²) in [6, 6.07) is 16.3. The summed E-state index contributed by atoms with van der Waals surface area (Å²) < 4.78 is 5.79. The molecule has 0 aliphatic heterocycles. The molecule has 3 rings (SSSR count). The van der Waals surface area contributed by atoms with E-state index in [2.05, 4.69) is 29.6 Å². The van der Waals surface area contributed by atoms with Crippen molar-refractivity contribution in [1.29, 1.82) is 0 Å². The molecule has 1 aliphatic rings. The second kappa shape index (κ2) is 11.6. The van der Waals surface area contributed by atoms with E-state index in [9.17, 15) is 19.5 Å². The minimum atomic E-state index is -1.16. The SMILES string of the molecule is CCN(C(=O)OCC1c2ccccc2-c2ccccc21)C(C)(C)C(=O)NC[C@H](CC(=O)O)CC(C)C. The van der Waals surface area contributed by atoms with E-state index >= 15 is 0 Å².